The first-order chi connectivity index (χ1) is 14.4. The number of halogens is 7. The van der Waals surface area contributed by atoms with Crippen LogP contribution in [0.25, 0.3) is 0 Å². The van der Waals surface area contributed by atoms with Gasteiger partial charge in [0.2, 0.25) is 0 Å². The Morgan fingerprint density at radius 1 is 1.23 bits per heavy atom. The van der Waals surface area contributed by atoms with Crippen molar-refractivity contribution in [2.75, 3.05) is 4.90 Å². The number of carboxylic acid groups (broad SMARTS) is 1. The van der Waals surface area contributed by atoms with E-state index in [9.17, 15) is 31.9 Å². The summed E-state index contributed by atoms with van der Waals surface area (Å²) in [7, 11) is 0. The highest BCUT2D eigenvalue weighted by Crippen LogP contribution is 2.50. The molecule has 0 spiro atoms. The van der Waals surface area contributed by atoms with Gasteiger partial charge in [-0.15, -0.1) is 0 Å². The first-order valence-electron chi connectivity index (χ1n) is 8.39. The minimum atomic E-state index is -5.14. The zero-order valence-corrected chi connectivity index (χ0v) is 16.7. The average Bonchev–Trinajstić information content (AvgIpc) is 3.12. The Balaban J connectivity index is 2.06. The Morgan fingerprint density at radius 3 is 2.32 bits per heavy atom. The van der Waals surface area contributed by atoms with E-state index in [2.05, 4.69) is 9.99 Å². The Kier molecular flexibility index (Phi) is 6.05. The molecule has 0 aliphatic carbocycles. The molecule has 1 aliphatic heterocycles. The summed E-state index contributed by atoms with van der Waals surface area (Å²) in [6.45, 7) is -0.174. The van der Waals surface area contributed by atoms with Gasteiger partial charge in [-0.3, -0.25) is 0 Å². The molecule has 1 amide bonds. The molecule has 0 saturated carbocycles. The quantitative estimate of drug-likeness (QED) is 0.451. The van der Waals surface area contributed by atoms with E-state index in [-0.39, 0.29) is 17.8 Å². The van der Waals surface area contributed by atoms with Gasteiger partial charge < -0.3 is 15.7 Å². The lowest BCUT2D eigenvalue weighted by Crippen LogP contribution is -2.45. The molecule has 13 heteroatoms. The predicted molar refractivity (Wildman–Crippen MR) is 102 cm³/mol. The van der Waals surface area contributed by atoms with Gasteiger partial charge in [0.05, 0.1) is 22.2 Å². The van der Waals surface area contributed by atoms with Crippen molar-refractivity contribution in [3.8, 4) is 0 Å². The third-order valence-electron chi connectivity index (χ3n) is 4.59. The lowest BCUT2D eigenvalue weighted by molar-refractivity contribution is -0.275. The van der Waals surface area contributed by atoms with Crippen LogP contribution < -0.4 is 10.6 Å². The fourth-order valence-corrected chi connectivity index (χ4v) is 3.49. The van der Waals surface area contributed by atoms with E-state index in [1.54, 1.807) is 0 Å². The fourth-order valence-electron chi connectivity index (χ4n) is 3.01. The minimum Gasteiger partial charge on any atom is -0.464 e. The third-order valence-corrected chi connectivity index (χ3v) is 5.14. The lowest BCUT2D eigenvalue weighted by Gasteiger charge is -2.30. The highest BCUT2D eigenvalue weighted by Gasteiger charge is 2.63. The number of hydrogen-bond donors (Lipinski definition) is 2. The molecule has 0 saturated heterocycles. The lowest BCUT2D eigenvalue weighted by atomic mass is 9.89. The summed E-state index contributed by atoms with van der Waals surface area (Å²) in [6, 6.07) is 4.46. The summed E-state index contributed by atoms with van der Waals surface area (Å²) in [5.41, 5.74) is 1.21. The van der Waals surface area contributed by atoms with Crippen LogP contribution in [-0.4, -0.2) is 23.2 Å². The van der Waals surface area contributed by atoms with E-state index in [1.165, 1.54) is 6.07 Å². The van der Waals surface area contributed by atoms with Gasteiger partial charge in [0, 0.05) is 17.7 Å². The molecule has 0 bridgehead atoms. The Hall–Kier alpha value is -2.63. The molecule has 6 nitrogen and oxygen atoms in total. The van der Waals surface area contributed by atoms with E-state index < -0.39 is 57.4 Å². The smallest absolute Gasteiger partial charge is 0.435 e. The van der Waals surface area contributed by atoms with Crippen LogP contribution in [0, 0.1) is 11.6 Å². The van der Waals surface area contributed by atoms with Gasteiger partial charge in [0.1, 0.15) is 5.82 Å². The molecular formula is C18H12Cl2F5N3O3. The van der Waals surface area contributed by atoms with Crippen LogP contribution in [-0.2, 0) is 17.0 Å². The number of carbonyl (C=O) groups is 1. The van der Waals surface area contributed by atoms with Gasteiger partial charge in [0.25, 0.3) is 5.60 Å². The van der Waals surface area contributed by atoms with Gasteiger partial charge in [-0.2, -0.15) is 13.2 Å². The van der Waals surface area contributed by atoms with E-state index in [0.29, 0.717) is 17.0 Å². The third kappa shape index (κ3) is 4.00. The average molecular weight is 484 g/mol. The van der Waals surface area contributed by atoms with E-state index in [0.717, 1.165) is 12.1 Å². The van der Waals surface area contributed by atoms with Crippen molar-refractivity contribution in [1.29, 1.82) is 0 Å². The normalized spacial score (nSPS) is 18.5. The highest BCUT2D eigenvalue weighted by atomic mass is 35.5. The molecule has 1 aliphatic rings. The van der Waals surface area contributed by atoms with E-state index >= 15 is 0 Å². The largest absolute Gasteiger partial charge is 0.464 e. The summed E-state index contributed by atoms with van der Waals surface area (Å²) in [5, 5.41) is 11.4. The molecule has 31 heavy (non-hydrogen) atoms. The van der Waals surface area contributed by atoms with Crippen molar-refractivity contribution >= 4 is 40.8 Å². The second-order valence-electron chi connectivity index (χ2n) is 6.45. The van der Waals surface area contributed by atoms with Crippen LogP contribution in [0.3, 0.4) is 0 Å². The Morgan fingerprint density at radius 2 is 1.84 bits per heavy atom. The van der Waals surface area contributed by atoms with Crippen LogP contribution in [0.1, 0.15) is 17.5 Å². The van der Waals surface area contributed by atoms with Crippen molar-refractivity contribution < 1.29 is 36.7 Å². The van der Waals surface area contributed by atoms with Crippen molar-refractivity contribution in [3.63, 3.8) is 0 Å². The summed E-state index contributed by atoms with van der Waals surface area (Å²) in [5.74, 6) is -2.68. The van der Waals surface area contributed by atoms with Crippen molar-refractivity contribution in [3.05, 3.63) is 63.1 Å². The molecule has 1 unspecified atom stereocenters. The van der Waals surface area contributed by atoms with Gasteiger partial charge in [-0.25, -0.2) is 18.5 Å². The highest BCUT2D eigenvalue weighted by molar-refractivity contribution is 6.35. The zero-order chi connectivity index (χ0) is 23.1. The number of oxime groups is 1. The van der Waals surface area contributed by atoms with Gasteiger partial charge in [-0.05, 0) is 24.3 Å². The number of amidine groups is 1. The minimum absolute atomic E-state index is 0.0685. The molecule has 3 rings (SSSR count). The van der Waals surface area contributed by atoms with Gasteiger partial charge in [0.15, 0.2) is 11.7 Å². The molecule has 0 aromatic heterocycles. The van der Waals surface area contributed by atoms with Crippen LogP contribution in [0.4, 0.5) is 32.4 Å². The second kappa shape index (κ2) is 8.13. The van der Waals surface area contributed by atoms with Gasteiger partial charge in [-0.1, -0.05) is 34.4 Å². The standard InChI is InChI=1S/C18H12Cl2F5N3O3/c19-11-3-9(4-12(20)15(11)22)17(18(23,24)25)6-14(27-31-17)28(16(29)30)10-2-1-8(7-26)13(21)5-10/h1-5H,6-7,26H2,(H,29,30). The van der Waals surface area contributed by atoms with Crippen LogP contribution in [0.2, 0.25) is 10.0 Å². The Labute approximate surface area is 181 Å². The number of nitrogens with zero attached hydrogens (tertiary/aromatic N) is 2. The van der Waals surface area contributed by atoms with Gasteiger partial charge >= 0.3 is 12.3 Å². The number of hydrogen-bond acceptors (Lipinski definition) is 4. The first-order valence-corrected chi connectivity index (χ1v) is 9.15. The maximum Gasteiger partial charge on any atom is 0.435 e. The molecule has 0 radical (unpaired) electrons. The SMILES string of the molecule is NCc1ccc(N(C(=O)O)C2=NOC(c3cc(Cl)c(F)c(Cl)c3)(C(F)(F)F)C2)cc1F. The zero-order valence-electron chi connectivity index (χ0n) is 15.2. The number of amides is 1. The summed E-state index contributed by atoms with van der Waals surface area (Å²) >= 11 is 11.2. The second-order valence-corrected chi connectivity index (χ2v) is 7.27. The van der Waals surface area contributed by atoms with Crippen LogP contribution >= 0.6 is 23.2 Å². The van der Waals surface area contributed by atoms with E-state index in [4.69, 9.17) is 28.9 Å². The topological polar surface area (TPSA) is 88.2 Å². The number of benzene rings is 2. The first kappa shape index (κ1) is 23.0. The van der Waals surface area contributed by atoms with Crippen LogP contribution in [0.5, 0.6) is 0 Å². The van der Waals surface area contributed by atoms with Crippen molar-refractivity contribution in [1.82, 2.24) is 0 Å². The van der Waals surface area contributed by atoms with Crippen molar-refractivity contribution in [2.24, 2.45) is 10.9 Å². The number of anilines is 1. The van der Waals surface area contributed by atoms with Crippen molar-refractivity contribution in [2.45, 2.75) is 24.7 Å². The number of alkyl halides is 3. The molecular weight excluding hydrogens is 472 g/mol. The molecule has 2 aromatic carbocycles. The summed E-state index contributed by atoms with van der Waals surface area (Å²) in [4.78, 5) is 16.8. The maximum atomic E-state index is 14.1. The predicted octanol–water partition coefficient (Wildman–Crippen LogP) is 5.41. The monoisotopic (exact) mass is 483 g/mol. The number of nitrogens with two attached hydrogens (primary N) is 1. The fraction of sp³-hybridized carbons (Fsp3) is 0.222. The van der Waals surface area contributed by atoms with E-state index in [1.807, 2.05) is 0 Å². The molecule has 2 aromatic rings. The Bertz CT molecular complexity index is 1060. The molecule has 0 fully saturated rings. The summed E-state index contributed by atoms with van der Waals surface area (Å²) < 4.78 is 69.9. The molecule has 1 heterocycles. The molecule has 1 atom stereocenters. The summed E-state index contributed by atoms with van der Waals surface area (Å²) in [6.07, 6.45) is -8.02. The number of rotatable bonds is 3. The molecule has 166 valence electrons. The van der Waals surface area contributed by atoms with Crippen LogP contribution in [0.15, 0.2) is 35.5 Å². The maximum absolute atomic E-state index is 14.1. The molecule has 3 N–H and O–H groups in total.